The number of fused-ring (bicyclic) bond motifs is 2. The fourth-order valence-corrected chi connectivity index (χ4v) is 3.99. The molecule has 3 aromatic rings. The Morgan fingerprint density at radius 3 is 2.96 bits per heavy atom. The number of ether oxygens (including phenoxy) is 1. The Morgan fingerprint density at radius 2 is 2.15 bits per heavy atom. The summed E-state index contributed by atoms with van der Waals surface area (Å²) in [4.78, 5) is 16.0. The summed E-state index contributed by atoms with van der Waals surface area (Å²) in [5, 5.41) is 12.9. The number of aromatic nitrogens is 4. The van der Waals surface area contributed by atoms with Crippen LogP contribution >= 0.6 is 0 Å². The summed E-state index contributed by atoms with van der Waals surface area (Å²) < 4.78 is 7.66. The predicted octanol–water partition coefficient (Wildman–Crippen LogP) is 2.78. The Labute approximate surface area is 157 Å². The molecule has 1 aliphatic carbocycles. The van der Waals surface area contributed by atoms with Crippen LogP contribution in [0.4, 0.5) is 0 Å². The highest BCUT2D eigenvalue weighted by atomic mass is 16.5. The van der Waals surface area contributed by atoms with E-state index in [1.54, 1.807) is 7.11 Å². The molecule has 1 atom stereocenters. The van der Waals surface area contributed by atoms with Gasteiger partial charge in [-0.2, -0.15) is 0 Å². The van der Waals surface area contributed by atoms with Crippen molar-refractivity contribution in [2.45, 2.75) is 50.6 Å². The molecule has 1 aromatic carbocycles. The molecule has 1 amide bonds. The molecule has 0 spiro atoms. The number of nitrogens with zero attached hydrogens (tertiary/aromatic N) is 3. The number of aromatic amines is 1. The van der Waals surface area contributed by atoms with Gasteiger partial charge in [0, 0.05) is 35.8 Å². The minimum atomic E-state index is -0.0710. The number of amides is 1. The Kier molecular flexibility index (Phi) is 3.88. The number of aryl methyl sites for hydroxylation is 1. The highest BCUT2D eigenvalue weighted by Crippen LogP contribution is 2.39. The Morgan fingerprint density at radius 1 is 1.26 bits per heavy atom. The summed E-state index contributed by atoms with van der Waals surface area (Å²) in [5.74, 6) is 3.49. The molecule has 1 fully saturated rings. The number of hydrogen-bond donors (Lipinski definition) is 2. The molecule has 7 heteroatoms. The maximum Gasteiger partial charge on any atom is 0.267 e. The van der Waals surface area contributed by atoms with Crippen molar-refractivity contribution in [1.82, 2.24) is 25.1 Å². The molecule has 7 nitrogen and oxygen atoms in total. The van der Waals surface area contributed by atoms with E-state index in [9.17, 15) is 4.79 Å². The van der Waals surface area contributed by atoms with Crippen molar-refractivity contribution in [2.24, 2.45) is 0 Å². The number of carbonyl (C=O) groups excluding carboxylic acids is 1. The van der Waals surface area contributed by atoms with Crippen LogP contribution in [0.3, 0.4) is 0 Å². The first-order valence-corrected chi connectivity index (χ1v) is 9.61. The summed E-state index contributed by atoms with van der Waals surface area (Å²) >= 11 is 0. The highest BCUT2D eigenvalue weighted by molar-refractivity contribution is 5.99. The second kappa shape index (κ2) is 6.40. The van der Waals surface area contributed by atoms with E-state index >= 15 is 0 Å². The van der Waals surface area contributed by atoms with Crippen molar-refractivity contribution in [3.8, 4) is 5.75 Å². The second-order valence-electron chi connectivity index (χ2n) is 7.50. The zero-order valence-electron chi connectivity index (χ0n) is 15.4. The molecule has 27 heavy (non-hydrogen) atoms. The molecule has 0 saturated heterocycles. The summed E-state index contributed by atoms with van der Waals surface area (Å²) in [5.41, 5.74) is 1.47. The SMILES string of the molecule is COc1cccc2[nH]c(C(=O)NC3CCc4nnc(C5CC5)n4CC3)cc12. The van der Waals surface area contributed by atoms with Gasteiger partial charge in [-0.3, -0.25) is 4.79 Å². The average Bonchev–Trinajstić information content (AvgIpc) is 3.35. The smallest absolute Gasteiger partial charge is 0.267 e. The first kappa shape index (κ1) is 16.4. The molecule has 3 heterocycles. The maximum atomic E-state index is 12.8. The third-order valence-corrected chi connectivity index (χ3v) is 5.64. The van der Waals surface area contributed by atoms with Gasteiger partial charge in [0.2, 0.25) is 0 Å². The van der Waals surface area contributed by atoms with Gasteiger partial charge in [0.25, 0.3) is 5.91 Å². The third-order valence-electron chi connectivity index (χ3n) is 5.64. The van der Waals surface area contributed by atoms with Gasteiger partial charge in [0.15, 0.2) is 0 Å². The van der Waals surface area contributed by atoms with Crippen molar-refractivity contribution in [3.05, 3.63) is 41.6 Å². The lowest BCUT2D eigenvalue weighted by atomic mass is 10.1. The molecular formula is C20H23N5O2. The van der Waals surface area contributed by atoms with Gasteiger partial charge in [-0.25, -0.2) is 0 Å². The normalized spacial score (nSPS) is 19.5. The molecule has 0 bridgehead atoms. The number of carbonyl (C=O) groups is 1. The van der Waals surface area contributed by atoms with Gasteiger partial charge >= 0.3 is 0 Å². The number of nitrogens with one attached hydrogen (secondary N) is 2. The van der Waals surface area contributed by atoms with Gasteiger partial charge in [-0.1, -0.05) is 6.07 Å². The summed E-state index contributed by atoms with van der Waals surface area (Å²) in [6.45, 7) is 0.875. The highest BCUT2D eigenvalue weighted by Gasteiger charge is 2.31. The topological polar surface area (TPSA) is 84.8 Å². The quantitative estimate of drug-likeness (QED) is 0.744. The summed E-state index contributed by atoms with van der Waals surface area (Å²) in [6.07, 6.45) is 5.09. The van der Waals surface area contributed by atoms with Crippen LogP contribution < -0.4 is 10.1 Å². The monoisotopic (exact) mass is 365 g/mol. The minimum absolute atomic E-state index is 0.0710. The van der Waals surface area contributed by atoms with Crippen LogP contribution in [0, 0.1) is 0 Å². The first-order chi connectivity index (χ1) is 13.2. The largest absolute Gasteiger partial charge is 0.496 e. The van der Waals surface area contributed by atoms with E-state index in [0.29, 0.717) is 11.6 Å². The van der Waals surface area contributed by atoms with Crippen LogP contribution in [-0.2, 0) is 13.0 Å². The summed E-state index contributed by atoms with van der Waals surface area (Å²) in [7, 11) is 1.64. The molecule has 1 unspecified atom stereocenters. The zero-order chi connectivity index (χ0) is 18.4. The number of rotatable bonds is 4. The Hall–Kier alpha value is -2.83. The van der Waals surface area contributed by atoms with E-state index in [2.05, 4.69) is 25.1 Å². The van der Waals surface area contributed by atoms with E-state index in [1.165, 1.54) is 12.8 Å². The standard InChI is InChI=1S/C20H23N5O2/c1-27-17-4-2-3-15-14(17)11-16(22-15)20(26)21-13-7-8-18-23-24-19(12-5-6-12)25(18)10-9-13/h2-4,11-13,22H,5-10H2,1H3,(H,21,26). The number of methoxy groups -OCH3 is 1. The van der Waals surface area contributed by atoms with Crippen LogP contribution in [0.15, 0.2) is 24.3 Å². The van der Waals surface area contributed by atoms with Crippen LogP contribution in [0.5, 0.6) is 5.75 Å². The Balaban J connectivity index is 1.30. The van der Waals surface area contributed by atoms with E-state index in [0.717, 1.165) is 54.1 Å². The number of hydrogen-bond acceptors (Lipinski definition) is 4. The van der Waals surface area contributed by atoms with Crippen molar-refractivity contribution >= 4 is 16.8 Å². The van der Waals surface area contributed by atoms with E-state index < -0.39 is 0 Å². The molecule has 140 valence electrons. The molecule has 1 aliphatic heterocycles. The first-order valence-electron chi connectivity index (χ1n) is 9.61. The average molecular weight is 365 g/mol. The molecular weight excluding hydrogens is 342 g/mol. The van der Waals surface area contributed by atoms with Gasteiger partial charge in [0.05, 0.1) is 7.11 Å². The van der Waals surface area contributed by atoms with Crippen molar-refractivity contribution in [3.63, 3.8) is 0 Å². The number of H-pyrrole nitrogens is 1. The van der Waals surface area contributed by atoms with E-state index in [1.807, 2.05) is 24.3 Å². The lowest BCUT2D eigenvalue weighted by Crippen LogP contribution is -2.35. The molecule has 2 N–H and O–H groups in total. The summed E-state index contributed by atoms with van der Waals surface area (Å²) in [6, 6.07) is 7.76. The lowest BCUT2D eigenvalue weighted by Gasteiger charge is -2.15. The van der Waals surface area contributed by atoms with Gasteiger partial charge in [-0.15, -0.1) is 10.2 Å². The third kappa shape index (κ3) is 2.97. The molecule has 1 saturated carbocycles. The molecule has 0 radical (unpaired) electrons. The fraction of sp³-hybridized carbons (Fsp3) is 0.450. The van der Waals surface area contributed by atoms with Crippen LogP contribution in [-0.4, -0.2) is 38.8 Å². The lowest BCUT2D eigenvalue weighted by molar-refractivity contribution is 0.0928. The van der Waals surface area contributed by atoms with E-state index in [4.69, 9.17) is 4.74 Å². The van der Waals surface area contributed by atoms with Crippen LogP contribution in [0.25, 0.3) is 10.9 Å². The zero-order valence-corrected chi connectivity index (χ0v) is 15.4. The van der Waals surface area contributed by atoms with E-state index in [-0.39, 0.29) is 11.9 Å². The van der Waals surface area contributed by atoms with Crippen molar-refractivity contribution in [1.29, 1.82) is 0 Å². The molecule has 2 aromatic heterocycles. The van der Waals surface area contributed by atoms with Gasteiger partial charge in [0.1, 0.15) is 23.1 Å². The second-order valence-corrected chi connectivity index (χ2v) is 7.50. The number of benzene rings is 1. The Bertz CT molecular complexity index is 1000. The maximum absolute atomic E-state index is 12.8. The molecule has 5 rings (SSSR count). The van der Waals surface area contributed by atoms with Crippen LogP contribution in [0.2, 0.25) is 0 Å². The minimum Gasteiger partial charge on any atom is -0.496 e. The van der Waals surface area contributed by atoms with Crippen molar-refractivity contribution in [2.75, 3.05) is 7.11 Å². The van der Waals surface area contributed by atoms with Crippen LogP contribution in [0.1, 0.15) is 53.7 Å². The predicted molar refractivity (Wildman–Crippen MR) is 101 cm³/mol. The van der Waals surface area contributed by atoms with Gasteiger partial charge < -0.3 is 19.6 Å². The van der Waals surface area contributed by atoms with Gasteiger partial charge in [-0.05, 0) is 43.9 Å². The molecule has 2 aliphatic rings. The van der Waals surface area contributed by atoms with Crippen molar-refractivity contribution < 1.29 is 9.53 Å². The fourth-order valence-electron chi connectivity index (χ4n) is 3.99.